The fourth-order valence-corrected chi connectivity index (χ4v) is 2.48. The number of hydrogen-bond donors (Lipinski definition) is 0. The number of nitrogens with zero attached hydrogens (tertiary/aromatic N) is 4. The average Bonchev–Trinajstić information content (AvgIpc) is 3.09. The minimum absolute atomic E-state index is 0.0674. The number of rotatable bonds is 3. The van der Waals surface area contributed by atoms with Gasteiger partial charge in [-0.3, -0.25) is 0 Å². The molecule has 0 bridgehead atoms. The fourth-order valence-electron chi connectivity index (χ4n) is 1.74. The Kier molecular flexibility index (Phi) is 3.47. The monoisotopic (exact) mass is 300 g/mol. The van der Waals surface area contributed by atoms with Crippen LogP contribution in [-0.4, -0.2) is 19.1 Å². The molecule has 108 valence electrons. The quantitative estimate of drug-likeness (QED) is 0.738. The van der Waals surface area contributed by atoms with Gasteiger partial charge in [0.1, 0.15) is 5.75 Å². The highest BCUT2D eigenvalue weighted by Gasteiger charge is 2.20. The lowest BCUT2D eigenvalue weighted by Gasteiger charge is -2.12. The van der Waals surface area contributed by atoms with E-state index in [9.17, 15) is 0 Å². The number of ether oxygens (including phenoxy) is 1. The van der Waals surface area contributed by atoms with E-state index < -0.39 is 0 Å². The average molecular weight is 300 g/mol. The third-order valence-corrected chi connectivity index (χ3v) is 3.48. The van der Waals surface area contributed by atoms with E-state index in [1.54, 1.807) is 10.9 Å². The fraction of sp³-hybridized carbons (Fsp3) is 0.267. The minimum atomic E-state index is -0.0674. The first-order chi connectivity index (χ1) is 10.0. The lowest BCUT2D eigenvalue weighted by Crippen LogP contribution is -2.12. The van der Waals surface area contributed by atoms with Gasteiger partial charge in [-0.1, -0.05) is 20.8 Å². The summed E-state index contributed by atoms with van der Waals surface area (Å²) < 4.78 is 11.9. The molecule has 0 N–H and O–H groups in total. The molecule has 0 amide bonds. The van der Waals surface area contributed by atoms with Crippen LogP contribution in [0.25, 0.3) is 5.69 Å². The first-order valence-corrected chi connectivity index (χ1v) is 7.42. The first kappa shape index (κ1) is 13.8. The molecule has 0 aliphatic heterocycles. The maximum Gasteiger partial charge on any atom is 0.298 e. The maximum atomic E-state index is 5.74. The van der Waals surface area contributed by atoms with Crippen LogP contribution >= 0.6 is 11.5 Å². The van der Waals surface area contributed by atoms with Gasteiger partial charge in [-0.2, -0.15) is 14.5 Å². The molecule has 21 heavy (non-hydrogen) atoms. The maximum absolute atomic E-state index is 5.74. The minimum Gasteiger partial charge on any atom is -0.430 e. The second-order valence-corrected chi connectivity index (χ2v) is 6.39. The summed E-state index contributed by atoms with van der Waals surface area (Å²) in [5.74, 6) is 1.54. The van der Waals surface area contributed by atoms with Crippen LogP contribution in [0.4, 0.5) is 0 Å². The van der Waals surface area contributed by atoms with Crippen molar-refractivity contribution < 1.29 is 4.74 Å². The van der Waals surface area contributed by atoms with Crippen molar-refractivity contribution in [3.63, 3.8) is 0 Å². The highest BCUT2D eigenvalue weighted by Crippen LogP contribution is 2.28. The number of hydrogen-bond acceptors (Lipinski definition) is 5. The Balaban J connectivity index is 1.75. The Labute approximate surface area is 127 Å². The van der Waals surface area contributed by atoms with Gasteiger partial charge in [0.05, 0.1) is 5.69 Å². The summed E-state index contributed by atoms with van der Waals surface area (Å²) >= 11 is 1.27. The van der Waals surface area contributed by atoms with Gasteiger partial charge in [-0.05, 0) is 30.3 Å². The molecule has 0 atom stereocenters. The van der Waals surface area contributed by atoms with Crippen molar-refractivity contribution in [2.45, 2.75) is 26.2 Å². The number of benzene rings is 1. The third kappa shape index (κ3) is 3.11. The van der Waals surface area contributed by atoms with Crippen molar-refractivity contribution in [1.82, 2.24) is 19.1 Å². The van der Waals surface area contributed by atoms with Gasteiger partial charge < -0.3 is 4.74 Å². The largest absolute Gasteiger partial charge is 0.430 e. The molecule has 0 fully saturated rings. The smallest absolute Gasteiger partial charge is 0.298 e. The summed E-state index contributed by atoms with van der Waals surface area (Å²) in [5.41, 5.74) is 0.919. The normalized spacial score (nSPS) is 11.6. The van der Waals surface area contributed by atoms with E-state index in [-0.39, 0.29) is 5.41 Å². The van der Waals surface area contributed by atoms with Gasteiger partial charge in [0, 0.05) is 29.3 Å². The Morgan fingerprint density at radius 1 is 1.14 bits per heavy atom. The molecule has 3 rings (SSSR count). The van der Waals surface area contributed by atoms with Gasteiger partial charge in [0.25, 0.3) is 5.19 Å². The molecular formula is C15H16N4OS. The van der Waals surface area contributed by atoms with Crippen molar-refractivity contribution in [3.8, 4) is 16.6 Å². The molecular weight excluding hydrogens is 284 g/mol. The van der Waals surface area contributed by atoms with Crippen LogP contribution in [0.2, 0.25) is 0 Å². The van der Waals surface area contributed by atoms with Crippen LogP contribution in [0.15, 0.2) is 42.7 Å². The summed E-state index contributed by atoms with van der Waals surface area (Å²) in [6.07, 6.45) is 3.65. The van der Waals surface area contributed by atoms with E-state index in [1.165, 1.54) is 11.5 Å². The predicted octanol–water partition coefficient (Wildman–Crippen LogP) is 3.81. The molecule has 1 aromatic carbocycles. The summed E-state index contributed by atoms with van der Waals surface area (Å²) in [5, 5.41) is 4.75. The zero-order chi connectivity index (χ0) is 14.9. The van der Waals surface area contributed by atoms with Crippen molar-refractivity contribution >= 4 is 11.5 Å². The lowest BCUT2D eigenvalue weighted by atomic mass is 9.96. The van der Waals surface area contributed by atoms with Crippen LogP contribution in [0.1, 0.15) is 26.6 Å². The topological polar surface area (TPSA) is 52.8 Å². The van der Waals surface area contributed by atoms with Crippen LogP contribution in [-0.2, 0) is 5.41 Å². The van der Waals surface area contributed by atoms with E-state index in [4.69, 9.17) is 4.74 Å². The molecule has 5 nitrogen and oxygen atoms in total. The second-order valence-electron chi connectivity index (χ2n) is 5.68. The van der Waals surface area contributed by atoms with E-state index in [2.05, 4.69) is 35.2 Å². The SMILES string of the molecule is CC(C)(C)c1nsc(Oc2ccc(-n3cccn3)cc2)n1. The van der Waals surface area contributed by atoms with Gasteiger partial charge >= 0.3 is 0 Å². The summed E-state index contributed by atoms with van der Waals surface area (Å²) in [7, 11) is 0. The van der Waals surface area contributed by atoms with Crippen LogP contribution < -0.4 is 4.74 Å². The molecule has 0 saturated heterocycles. The number of aromatic nitrogens is 4. The van der Waals surface area contributed by atoms with Gasteiger partial charge in [-0.25, -0.2) is 4.68 Å². The molecule has 0 unspecified atom stereocenters. The molecule has 0 aliphatic carbocycles. The van der Waals surface area contributed by atoms with Crippen molar-refractivity contribution in [2.24, 2.45) is 0 Å². The first-order valence-electron chi connectivity index (χ1n) is 6.64. The Hall–Kier alpha value is -2.21. The van der Waals surface area contributed by atoms with Crippen LogP contribution in [0, 0.1) is 0 Å². The van der Waals surface area contributed by atoms with Crippen molar-refractivity contribution in [2.75, 3.05) is 0 Å². The van der Waals surface area contributed by atoms with Crippen molar-refractivity contribution in [1.29, 1.82) is 0 Å². The Bertz CT molecular complexity index is 711. The molecule has 0 spiro atoms. The summed E-state index contributed by atoms with van der Waals surface area (Å²) in [4.78, 5) is 4.42. The zero-order valence-corrected chi connectivity index (χ0v) is 13.0. The Morgan fingerprint density at radius 3 is 2.48 bits per heavy atom. The molecule has 0 aliphatic rings. The molecule has 0 saturated carbocycles. The highest BCUT2D eigenvalue weighted by molar-refractivity contribution is 7.07. The second kappa shape index (κ2) is 5.29. The highest BCUT2D eigenvalue weighted by atomic mass is 32.1. The third-order valence-electron chi connectivity index (χ3n) is 2.89. The molecule has 2 heterocycles. The molecule has 2 aromatic heterocycles. The van der Waals surface area contributed by atoms with E-state index in [0.29, 0.717) is 5.19 Å². The lowest BCUT2D eigenvalue weighted by molar-refractivity contribution is 0.468. The van der Waals surface area contributed by atoms with Crippen LogP contribution in [0.5, 0.6) is 10.9 Å². The van der Waals surface area contributed by atoms with E-state index in [0.717, 1.165) is 17.3 Å². The van der Waals surface area contributed by atoms with E-state index >= 15 is 0 Å². The predicted molar refractivity (Wildman–Crippen MR) is 82.2 cm³/mol. The molecule has 6 heteroatoms. The zero-order valence-electron chi connectivity index (χ0n) is 12.1. The molecule has 0 radical (unpaired) electrons. The summed E-state index contributed by atoms with van der Waals surface area (Å²) in [6, 6.07) is 9.59. The van der Waals surface area contributed by atoms with Gasteiger partial charge in [-0.15, -0.1) is 0 Å². The summed E-state index contributed by atoms with van der Waals surface area (Å²) in [6.45, 7) is 6.24. The standard InChI is InChI=1S/C15H16N4OS/c1-15(2,3)13-17-14(21-18-13)20-12-7-5-11(6-8-12)19-10-4-9-16-19/h4-10H,1-3H3. The van der Waals surface area contributed by atoms with Crippen molar-refractivity contribution in [3.05, 3.63) is 48.5 Å². The van der Waals surface area contributed by atoms with E-state index in [1.807, 2.05) is 36.5 Å². The van der Waals surface area contributed by atoms with Gasteiger partial charge in [0.2, 0.25) is 0 Å². The van der Waals surface area contributed by atoms with Crippen LogP contribution in [0.3, 0.4) is 0 Å². The molecule has 3 aromatic rings. The van der Waals surface area contributed by atoms with Gasteiger partial charge in [0.15, 0.2) is 5.82 Å². The Morgan fingerprint density at radius 2 is 1.90 bits per heavy atom.